The van der Waals surface area contributed by atoms with E-state index in [0.29, 0.717) is 11.1 Å². The van der Waals surface area contributed by atoms with E-state index >= 15 is 0 Å². The molecule has 1 aromatic carbocycles. The maximum Gasteiger partial charge on any atom is 0.230 e. The van der Waals surface area contributed by atoms with Crippen LogP contribution in [-0.2, 0) is 4.79 Å². The number of amides is 1. The summed E-state index contributed by atoms with van der Waals surface area (Å²) in [6, 6.07) is 4.81. The van der Waals surface area contributed by atoms with Gasteiger partial charge in [-0.25, -0.2) is 0 Å². The molecule has 17 heavy (non-hydrogen) atoms. The number of rotatable bonds is 2. The monoisotopic (exact) mass is 233 g/mol. The molecule has 0 aliphatic rings. The Kier molecular flexibility index (Phi) is 2.70. The molecule has 1 amide bonds. The molecule has 0 spiro atoms. The van der Waals surface area contributed by atoms with Crippen LogP contribution in [0.2, 0.25) is 0 Å². The Bertz CT molecular complexity index is 563. The van der Waals surface area contributed by atoms with E-state index in [4.69, 9.17) is 10.3 Å². The number of benzene rings is 1. The minimum atomic E-state index is -0.289. The fourth-order valence-electron chi connectivity index (χ4n) is 1.52. The summed E-state index contributed by atoms with van der Waals surface area (Å²) in [6.07, 6.45) is 1.43. The Balaban J connectivity index is 2.58. The molecule has 0 unspecified atom stereocenters. The number of anilines is 2. The first-order chi connectivity index (χ1) is 8.09. The second kappa shape index (κ2) is 4.17. The Hall–Kier alpha value is -2.50. The van der Waals surface area contributed by atoms with Gasteiger partial charge in [0.1, 0.15) is 5.75 Å². The lowest BCUT2D eigenvalue weighted by Gasteiger charge is -2.10. The van der Waals surface area contributed by atoms with Crippen LogP contribution in [0.3, 0.4) is 0 Å². The Labute approximate surface area is 97.0 Å². The zero-order valence-corrected chi connectivity index (χ0v) is 9.10. The van der Waals surface area contributed by atoms with E-state index < -0.39 is 0 Å². The number of hydrogen-bond acceptors (Lipinski definition) is 5. The van der Waals surface area contributed by atoms with Gasteiger partial charge in [0.2, 0.25) is 11.8 Å². The number of phenolic OH excluding ortho intramolecular Hbond substituents is 1. The summed E-state index contributed by atoms with van der Waals surface area (Å²) in [4.78, 5) is 11.1. The molecule has 1 aromatic heterocycles. The van der Waals surface area contributed by atoms with E-state index in [1.165, 1.54) is 19.2 Å². The number of carbonyl (C=O) groups is 1. The molecule has 88 valence electrons. The lowest BCUT2D eigenvalue weighted by Crippen LogP contribution is -2.07. The van der Waals surface area contributed by atoms with Crippen molar-refractivity contribution in [2.75, 3.05) is 11.1 Å². The van der Waals surface area contributed by atoms with E-state index in [1.54, 1.807) is 12.1 Å². The fourth-order valence-corrected chi connectivity index (χ4v) is 1.52. The Morgan fingerprint density at radius 3 is 2.82 bits per heavy atom. The van der Waals surface area contributed by atoms with Gasteiger partial charge in [-0.1, -0.05) is 17.3 Å². The molecule has 6 heteroatoms. The molecule has 0 fully saturated rings. The van der Waals surface area contributed by atoms with Gasteiger partial charge in [-0.3, -0.25) is 4.79 Å². The van der Waals surface area contributed by atoms with Crippen molar-refractivity contribution in [1.29, 1.82) is 0 Å². The van der Waals surface area contributed by atoms with Crippen LogP contribution < -0.4 is 11.1 Å². The summed E-state index contributed by atoms with van der Waals surface area (Å²) >= 11 is 0. The number of carbonyl (C=O) groups excluding carboxylic acids is 1. The van der Waals surface area contributed by atoms with Crippen LogP contribution in [0.4, 0.5) is 11.6 Å². The molecular formula is C11H11N3O3. The van der Waals surface area contributed by atoms with Crippen molar-refractivity contribution >= 4 is 17.5 Å². The first-order valence-corrected chi connectivity index (χ1v) is 4.89. The maximum atomic E-state index is 11.1. The van der Waals surface area contributed by atoms with Crippen LogP contribution in [0.5, 0.6) is 5.75 Å². The highest BCUT2D eigenvalue weighted by atomic mass is 16.5. The van der Waals surface area contributed by atoms with Crippen molar-refractivity contribution in [2.45, 2.75) is 6.92 Å². The quantitative estimate of drug-likeness (QED) is 0.683. The summed E-state index contributed by atoms with van der Waals surface area (Å²) in [5.74, 6) is -0.205. The number of aromatic hydroxyl groups is 1. The largest absolute Gasteiger partial charge is 0.506 e. The summed E-state index contributed by atoms with van der Waals surface area (Å²) in [5, 5.41) is 15.8. The molecule has 0 atom stereocenters. The van der Waals surface area contributed by atoms with Crippen LogP contribution in [0.25, 0.3) is 11.1 Å². The number of phenols is 1. The van der Waals surface area contributed by atoms with Crippen LogP contribution >= 0.6 is 0 Å². The standard InChI is InChI=1S/C11H11N3O3/c1-6(15)14-10-7(3-2-4-9(10)16)8-5-13-17-11(8)12/h2-5,16H,12H2,1H3,(H,14,15). The highest BCUT2D eigenvalue weighted by molar-refractivity contribution is 5.97. The average Bonchev–Trinajstić information content (AvgIpc) is 2.67. The third-order valence-corrected chi connectivity index (χ3v) is 2.23. The fraction of sp³-hybridized carbons (Fsp3) is 0.0909. The van der Waals surface area contributed by atoms with E-state index in [1.807, 2.05) is 0 Å². The van der Waals surface area contributed by atoms with Gasteiger partial charge >= 0.3 is 0 Å². The number of nitrogens with zero attached hydrogens (tertiary/aromatic N) is 1. The predicted octanol–water partition coefficient (Wildman–Crippen LogP) is 1.59. The zero-order valence-electron chi connectivity index (χ0n) is 9.10. The molecular weight excluding hydrogens is 222 g/mol. The summed E-state index contributed by atoms with van der Waals surface area (Å²) < 4.78 is 4.75. The summed E-state index contributed by atoms with van der Waals surface area (Å²) in [5.41, 5.74) is 6.96. The minimum Gasteiger partial charge on any atom is -0.506 e. The highest BCUT2D eigenvalue weighted by Gasteiger charge is 2.15. The van der Waals surface area contributed by atoms with Gasteiger partial charge in [0.05, 0.1) is 17.4 Å². The van der Waals surface area contributed by atoms with Crippen LogP contribution in [0.15, 0.2) is 28.9 Å². The third-order valence-electron chi connectivity index (χ3n) is 2.23. The molecule has 2 rings (SSSR count). The molecule has 1 heterocycles. The molecule has 2 aromatic rings. The van der Waals surface area contributed by atoms with Gasteiger partial charge in [0, 0.05) is 12.5 Å². The minimum absolute atomic E-state index is 0.0432. The van der Waals surface area contributed by atoms with E-state index in [2.05, 4.69) is 10.5 Å². The van der Waals surface area contributed by atoms with Crippen molar-refractivity contribution < 1.29 is 14.4 Å². The van der Waals surface area contributed by atoms with Gasteiger partial charge in [-0.05, 0) is 6.07 Å². The molecule has 4 N–H and O–H groups in total. The number of nitrogen functional groups attached to an aromatic ring is 1. The second-order valence-corrected chi connectivity index (χ2v) is 3.48. The molecule has 0 aliphatic heterocycles. The van der Waals surface area contributed by atoms with Crippen molar-refractivity contribution in [3.8, 4) is 16.9 Å². The summed E-state index contributed by atoms with van der Waals surface area (Å²) in [6.45, 7) is 1.35. The van der Waals surface area contributed by atoms with Crippen molar-refractivity contribution in [3.05, 3.63) is 24.4 Å². The number of nitrogens with one attached hydrogen (secondary N) is 1. The van der Waals surface area contributed by atoms with Gasteiger partial charge in [-0.15, -0.1) is 0 Å². The highest BCUT2D eigenvalue weighted by Crippen LogP contribution is 2.37. The number of nitrogens with two attached hydrogens (primary N) is 1. The van der Waals surface area contributed by atoms with Crippen LogP contribution in [0.1, 0.15) is 6.92 Å². The van der Waals surface area contributed by atoms with Gasteiger partial charge in [0.25, 0.3) is 0 Å². The van der Waals surface area contributed by atoms with Gasteiger partial charge < -0.3 is 20.7 Å². The molecule has 0 saturated heterocycles. The Morgan fingerprint density at radius 1 is 1.47 bits per heavy atom. The van der Waals surface area contributed by atoms with Crippen molar-refractivity contribution in [2.24, 2.45) is 0 Å². The zero-order chi connectivity index (χ0) is 12.4. The van der Waals surface area contributed by atoms with Crippen molar-refractivity contribution in [1.82, 2.24) is 5.16 Å². The lowest BCUT2D eigenvalue weighted by atomic mass is 10.1. The molecule has 0 radical (unpaired) electrons. The van der Waals surface area contributed by atoms with Crippen molar-refractivity contribution in [3.63, 3.8) is 0 Å². The smallest absolute Gasteiger partial charge is 0.230 e. The maximum absolute atomic E-state index is 11.1. The topological polar surface area (TPSA) is 101 Å². The molecule has 6 nitrogen and oxygen atoms in total. The first-order valence-electron chi connectivity index (χ1n) is 4.89. The molecule has 0 bridgehead atoms. The SMILES string of the molecule is CC(=O)Nc1c(O)cccc1-c1cnoc1N. The second-order valence-electron chi connectivity index (χ2n) is 3.48. The first kappa shape index (κ1) is 11.0. The lowest BCUT2D eigenvalue weighted by molar-refractivity contribution is -0.114. The average molecular weight is 233 g/mol. The normalized spacial score (nSPS) is 10.2. The number of para-hydroxylation sites is 1. The molecule has 0 saturated carbocycles. The third kappa shape index (κ3) is 2.05. The van der Waals surface area contributed by atoms with Crippen LogP contribution in [-0.4, -0.2) is 16.2 Å². The van der Waals surface area contributed by atoms with E-state index in [-0.39, 0.29) is 23.2 Å². The predicted molar refractivity (Wildman–Crippen MR) is 62.3 cm³/mol. The molecule has 0 aliphatic carbocycles. The van der Waals surface area contributed by atoms with Gasteiger partial charge in [0.15, 0.2) is 0 Å². The van der Waals surface area contributed by atoms with E-state index in [0.717, 1.165) is 0 Å². The van der Waals surface area contributed by atoms with Gasteiger partial charge in [-0.2, -0.15) is 0 Å². The van der Waals surface area contributed by atoms with Crippen LogP contribution in [0, 0.1) is 0 Å². The Morgan fingerprint density at radius 2 is 2.24 bits per heavy atom. The number of aromatic nitrogens is 1. The number of hydrogen-bond donors (Lipinski definition) is 3. The summed E-state index contributed by atoms with van der Waals surface area (Å²) in [7, 11) is 0. The van der Waals surface area contributed by atoms with E-state index in [9.17, 15) is 9.90 Å².